The molecule has 1 heterocycles. The van der Waals surface area contributed by atoms with E-state index in [9.17, 15) is 14.7 Å². The molecule has 4 saturated carbocycles. The monoisotopic (exact) mass is 473 g/mol. The van der Waals surface area contributed by atoms with Crippen molar-refractivity contribution < 1.29 is 19.4 Å². The molecule has 1 aromatic heterocycles. The fourth-order valence-corrected chi connectivity index (χ4v) is 7.28. The highest BCUT2D eigenvalue weighted by Crippen LogP contribution is 2.65. The van der Waals surface area contributed by atoms with Gasteiger partial charge in [-0.2, -0.15) is 5.10 Å². The normalized spacial score (nSPS) is 29.7. The van der Waals surface area contributed by atoms with Gasteiger partial charge in [0, 0.05) is 11.8 Å². The van der Waals surface area contributed by atoms with Gasteiger partial charge in [0.1, 0.15) is 5.02 Å². The lowest BCUT2D eigenvalue weighted by Crippen LogP contribution is -2.59. The number of anilines is 2. The first-order chi connectivity index (χ1) is 15.8. The van der Waals surface area contributed by atoms with Gasteiger partial charge in [0.05, 0.1) is 38.1 Å². The molecule has 9 heteroatoms. The largest absolute Gasteiger partial charge is 0.493 e. The molecule has 0 spiro atoms. The molecule has 0 amide bonds. The number of benzene rings is 1. The van der Waals surface area contributed by atoms with E-state index in [1.165, 1.54) is 0 Å². The molecule has 176 valence electrons. The fraction of sp³-hybridized carbons (Fsp3) is 0.542. The number of nitrogens with one attached hydrogen (secondary N) is 1. The summed E-state index contributed by atoms with van der Waals surface area (Å²) in [7, 11) is 3.12. The van der Waals surface area contributed by atoms with Crippen molar-refractivity contribution in [2.75, 3.05) is 19.5 Å². The van der Waals surface area contributed by atoms with Gasteiger partial charge in [0.25, 0.3) is 5.56 Å². The summed E-state index contributed by atoms with van der Waals surface area (Å²) in [5, 5.41) is 17.3. The number of carboxylic acids is 1. The Labute approximate surface area is 196 Å². The van der Waals surface area contributed by atoms with E-state index in [0.717, 1.165) is 32.1 Å². The molecule has 4 aliphatic carbocycles. The third-order valence-electron chi connectivity index (χ3n) is 7.71. The van der Waals surface area contributed by atoms with Crippen molar-refractivity contribution in [1.29, 1.82) is 0 Å². The van der Waals surface area contributed by atoms with Crippen LogP contribution in [-0.2, 0) is 10.3 Å². The lowest BCUT2D eigenvalue weighted by Gasteiger charge is -2.61. The molecule has 6 rings (SSSR count). The molecule has 33 heavy (non-hydrogen) atoms. The highest BCUT2D eigenvalue weighted by atomic mass is 35.5. The molecule has 0 radical (unpaired) electrons. The van der Waals surface area contributed by atoms with E-state index in [4.69, 9.17) is 21.1 Å². The number of halogens is 1. The van der Waals surface area contributed by atoms with Crippen LogP contribution in [0.25, 0.3) is 0 Å². The van der Waals surface area contributed by atoms with Gasteiger partial charge in [0.2, 0.25) is 0 Å². The summed E-state index contributed by atoms with van der Waals surface area (Å²) < 4.78 is 12.2. The van der Waals surface area contributed by atoms with Crippen molar-refractivity contribution >= 4 is 28.9 Å². The smallest absolute Gasteiger partial charge is 0.303 e. The number of hydrogen-bond acceptors (Lipinski definition) is 6. The summed E-state index contributed by atoms with van der Waals surface area (Å²) in [6.07, 6.45) is 7.10. The van der Waals surface area contributed by atoms with Crippen molar-refractivity contribution in [1.82, 2.24) is 9.78 Å². The van der Waals surface area contributed by atoms with Gasteiger partial charge in [0.15, 0.2) is 11.5 Å². The number of carbonyl (C=O) groups is 1. The number of carboxylic acid groups (broad SMARTS) is 1. The molecule has 0 aliphatic heterocycles. The molecule has 4 fully saturated rings. The Bertz CT molecular complexity index is 1150. The number of aromatic nitrogens is 2. The maximum atomic E-state index is 13.4. The molecule has 1 aromatic carbocycles. The van der Waals surface area contributed by atoms with E-state index in [2.05, 4.69) is 10.4 Å². The molecule has 0 saturated heterocycles. The Morgan fingerprint density at radius 2 is 1.91 bits per heavy atom. The maximum absolute atomic E-state index is 13.4. The fourth-order valence-electron chi connectivity index (χ4n) is 7.10. The molecule has 2 atom stereocenters. The second-order valence-electron chi connectivity index (χ2n) is 10.0. The van der Waals surface area contributed by atoms with E-state index in [-0.39, 0.29) is 22.4 Å². The predicted octanol–water partition coefficient (Wildman–Crippen LogP) is 4.43. The molecule has 2 aromatic rings. The van der Waals surface area contributed by atoms with Crippen molar-refractivity contribution in [3.8, 4) is 11.5 Å². The van der Waals surface area contributed by atoms with Crippen LogP contribution in [0.2, 0.25) is 5.02 Å². The van der Waals surface area contributed by atoms with Gasteiger partial charge in [-0.05, 0) is 67.9 Å². The number of nitrogens with zero attached hydrogens (tertiary/aromatic N) is 2. The Balaban J connectivity index is 1.47. The third-order valence-corrected chi connectivity index (χ3v) is 8.07. The van der Waals surface area contributed by atoms with Gasteiger partial charge in [-0.15, -0.1) is 0 Å². The molecule has 8 nitrogen and oxygen atoms in total. The van der Waals surface area contributed by atoms with E-state index >= 15 is 0 Å². The van der Waals surface area contributed by atoms with Crippen LogP contribution in [-0.4, -0.2) is 35.1 Å². The van der Waals surface area contributed by atoms with Crippen LogP contribution in [0.3, 0.4) is 0 Å². The SMILES string of the molecule is COc1ccc(Nc2cnn(C34C[C@H]5C[C@@H](CC(CC(=O)O)(C5)C3)C4)c(=O)c2Cl)cc1OC. The van der Waals surface area contributed by atoms with Crippen LogP contribution in [0, 0.1) is 17.3 Å². The van der Waals surface area contributed by atoms with E-state index in [1.54, 1.807) is 43.3 Å². The van der Waals surface area contributed by atoms with Gasteiger partial charge in [-0.3, -0.25) is 9.59 Å². The first-order valence-corrected chi connectivity index (χ1v) is 11.6. The lowest BCUT2D eigenvalue weighted by atomic mass is 9.46. The number of rotatable bonds is 7. The van der Waals surface area contributed by atoms with Crippen molar-refractivity contribution in [3.63, 3.8) is 0 Å². The minimum atomic E-state index is -0.764. The van der Waals surface area contributed by atoms with Crippen molar-refractivity contribution in [2.24, 2.45) is 17.3 Å². The summed E-state index contributed by atoms with van der Waals surface area (Å²) in [6.45, 7) is 0. The summed E-state index contributed by atoms with van der Waals surface area (Å²) in [5.74, 6) is 1.25. The van der Waals surface area contributed by atoms with E-state index in [0.29, 0.717) is 41.1 Å². The minimum Gasteiger partial charge on any atom is -0.493 e. The summed E-state index contributed by atoms with van der Waals surface area (Å²) in [6, 6.07) is 5.33. The number of aliphatic carboxylic acids is 1. The topological polar surface area (TPSA) is 103 Å². The Morgan fingerprint density at radius 3 is 2.55 bits per heavy atom. The molecular formula is C24H28ClN3O5. The van der Waals surface area contributed by atoms with Gasteiger partial charge < -0.3 is 19.9 Å². The second kappa shape index (κ2) is 7.94. The molecular weight excluding hydrogens is 446 g/mol. The van der Waals surface area contributed by atoms with Crippen molar-refractivity contribution in [3.05, 3.63) is 39.8 Å². The molecule has 4 bridgehead atoms. The van der Waals surface area contributed by atoms with Crippen LogP contribution in [0.5, 0.6) is 11.5 Å². The van der Waals surface area contributed by atoms with Crippen LogP contribution in [0.4, 0.5) is 11.4 Å². The van der Waals surface area contributed by atoms with Crippen LogP contribution < -0.4 is 20.3 Å². The maximum Gasteiger partial charge on any atom is 0.303 e. The first-order valence-electron chi connectivity index (χ1n) is 11.3. The second-order valence-corrected chi connectivity index (χ2v) is 10.4. The highest BCUT2D eigenvalue weighted by Gasteiger charge is 2.59. The number of hydrogen-bond donors (Lipinski definition) is 2. The zero-order valence-corrected chi connectivity index (χ0v) is 19.5. The van der Waals surface area contributed by atoms with E-state index in [1.807, 2.05) is 0 Å². The quantitative estimate of drug-likeness (QED) is 0.613. The zero-order valence-electron chi connectivity index (χ0n) is 18.8. The number of methoxy groups -OCH3 is 2. The summed E-state index contributed by atoms with van der Waals surface area (Å²) >= 11 is 6.55. The molecule has 2 N–H and O–H groups in total. The Morgan fingerprint density at radius 1 is 1.21 bits per heavy atom. The molecule has 0 unspecified atom stereocenters. The number of ether oxygens (including phenoxy) is 2. The van der Waals surface area contributed by atoms with Gasteiger partial charge in [-0.25, -0.2) is 4.68 Å². The summed E-state index contributed by atoms with van der Waals surface area (Å²) in [4.78, 5) is 25.0. The lowest BCUT2D eigenvalue weighted by molar-refractivity contribution is -0.151. The van der Waals surface area contributed by atoms with Gasteiger partial charge >= 0.3 is 5.97 Å². The average molecular weight is 474 g/mol. The van der Waals surface area contributed by atoms with Crippen molar-refractivity contribution in [2.45, 2.75) is 50.5 Å². The minimum absolute atomic E-state index is 0.0721. The zero-order chi connectivity index (χ0) is 23.4. The predicted molar refractivity (Wildman–Crippen MR) is 124 cm³/mol. The standard InChI is InChI=1S/C24H28ClN3O5/c1-32-18-4-3-16(6-19(18)33-2)27-17-12-26-28(22(31)21(17)25)24-9-14-5-15(10-24)8-23(7-14,13-24)11-20(29)30/h3-4,6,12,14-15,27H,5,7-11,13H2,1-2H3,(H,29,30)/t14-,15-,23?,24?/m0/s1. The first kappa shape index (κ1) is 22.1. The summed E-state index contributed by atoms with van der Waals surface area (Å²) in [5.41, 5.74) is 0.0516. The average Bonchev–Trinajstić information content (AvgIpc) is 2.75. The van der Waals surface area contributed by atoms with Crippen LogP contribution >= 0.6 is 11.6 Å². The van der Waals surface area contributed by atoms with E-state index < -0.39 is 11.5 Å². The highest BCUT2D eigenvalue weighted by molar-refractivity contribution is 6.33. The van der Waals surface area contributed by atoms with Crippen LogP contribution in [0.15, 0.2) is 29.2 Å². The van der Waals surface area contributed by atoms with Gasteiger partial charge in [-0.1, -0.05) is 11.6 Å². The van der Waals surface area contributed by atoms with Crippen LogP contribution in [0.1, 0.15) is 44.9 Å². The Kier molecular flexibility index (Phi) is 5.31. The third kappa shape index (κ3) is 3.74. The Hall–Kier alpha value is -2.74. The molecule has 4 aliphatic rings.